The minimum atomic E-state index is -0.0480. The zero-order chi connectivity index (χ0) is 14.7. The van der Waals surface area contributed by atoms with Gasteiger partial charge in [0.05, 0.1) is 0 Å². The van der Waals surface area contributed by atoms with Gasteiger partial charge in [0.25, 0.3) is 0 Å². The molecule has 0 aliphatic rings. The quantitative estimate of drug-likeness (QED) is 0.665. The molecule has 1 unspecified atom stereocenters. The summed E-state index contributed by atoms with van der Waals surface area (Å²) in [5.74, 6) is 1.19. The molecule has 0 aliphatic heterocycles. The van der Waals surface area contributed by atoms with Gasteiger partial charge < -0.3 is 9.84 Å². The molecule has 1 heterocycles. The molecule has 4 nitrogen and oxygen atoms in total. The second-order valence-corrected chi connectivity index (χ2v) is 5.94. The molecule has 3 rings (SSSR count). The number of halogens is 1. The van der Waals surface area contributed by atoms with Crippen molar-refractivity contribution in [2.24, 2.45) is 0 Å². The van der Waals surface area contributed by atoms with Crippen molar-refractivity contribution >= 4 is 28.3 Å². The molecule has 1 N–H and O–H groups in total. The van der Waals surface area contributed by atoms with E-state index in [4.69, 9.17) is 4.52 Å². The molecule has 0 saturated carbocycles. The summed E-state index contributed by atoms with van der Waals surface area (Å²) < 4.78 is 6.54. The van der Waals surface area contributed by atoms with E-state index in [1.54, 1.807) is 0 Å². The fourth-order valence-corrected chi connectivity index (χ4v) is 2.55. The Morgan fingerprint density at radius 2 is 1.90 bits per heavy atom. The molecule has 3 aromatic rings. The van der Waals surface area contributed by atoms with Gasteiger partial charge in [0.15, 0.2) is 0 Å². The van der Waals surface area contributed by atoms with Gasteiger partial charge in [-0.05, 0) is 47.7 Å². The summed E-state index contributed by atoms with van der Waals surface area (Å²) >= 11 is 2.29. The molecule has 2 aromatic carbocycles. The Labute approximate surface area is 136 Å². The summed E-state index contributed by atoms with van der Waals surface area (Å²) in [4.78, 5) is 4.46. The molecule has 1 atom stereocenters. The van der Waals surface area contributed by atoms with E-state index >= 15 is 0 Å². The van der Waals surface area contributed by atoms with Gasteiger partial charge in [-0.3, -0.25) is 0 Å². The average Bonchev–Trinajstić information content (AvgIpc) is 2.98. The SMILES string of the molecule is CC(Nc1cccc(I)c1)c1nc(-c2ccccc2)no1. The molecule has 0 saturated heterocycles. The first-order chi connectivity index (χ1) is 10.2. The lowest BCUT2D eigenvalue weighted by Crippen LogP contribution is -2.07. The number of hydrogen-bond donors (Lipinski definition) is 1. The van der Waals surface area contributed by atoms with Crippen LogP contribution in [0.2, 0.25) is 0 Å². The van der Waals surface area contributed by atoms with Crippen LogP contribution in [0.4, 0.5) is 5.69 Å². The fourth-order valence-electron chi connectivity index (χ4n) is 2.01. The van der Waals surface area contributed by atoms with E-state index in [1.807, 2.05) is 49.4 Å². The van der Waals surface area contributed by atoms with Crippen molar-refractivity contribution in [3.63, 3.8) is 0 Å². The first-order valence-electron chi connectivity index (χ1n) is 6.63. The van der Waals surface area contributed by atoms with Gasteiger partial charge in [-0.25, -0.2) is 0 Å². The zero-order valence-corrected chi connectivity index (χ0v) is 13.6. The zero-order valence-electron chi connectivity index (χ0n) is 11.5. The first-order valence-corrected chi connectivity index (χ1v) is 7.71. The smallest absolute Gasteiger partial charge is 0.249 e. The van der Waals surface area contributed by atoms with Crippen molar-refractivity contribution < 1.29 is 4.52 Å². The summed E-state index contributed by atoms with van der Waals surface area (Å²) in [6, 6.07) is 17.9. The molecule has 0 spiro atoms. The highest BCUT2D eigenvalue weighted by atomic mass is 127. The van der Waals surface area contributed by atoms with Crippen molar-refractivity contribution in [3.05, 3.63) is 64.1 Å². The van der Waals surface area contributed by atoms with Gasteiger partial charge in [0.2, 0.25) is 11.7 Å². The predicted molar refractivity (Wildman–Crippen MR) is 90.9 cm³/mol. The minimum absolute atomic E-state index is 0.0480. The van der Waals surface area contributed by atoms with Crippen LogP contribution in [0.25, 0.3) is 11.4 Å². The maximum atomic E-state index is 5.36. The Bertz CT molecular complexity index is 727. The molecule has 0 aliphatic carbocycles. The van der Waals surface area contributed by atoms with Crippen LogP contribution in [0.15, 0.2) is 59.1 Å². The van der Waals surface area contributed by atoms with Gasteiger partial charge in [-0.2, -0.15) is 4.98 Å². The average molecular weight is 391 g/mol. The normalized spacial score (nSPS) is 12.1. The van der Waals surface area contributed by atoms with E-state index in [0.717, 1.165) is 11.3 Å². The van der Waals surface area contributed by atoms with E-state index in [9.17, 15) is 0 Å². The summed E-state index contributed by atoms with van der Waals surface area (Å²) in [5, 5.41) is 7.40. The highest BCUT2D eigenvalue weighted by Gasteiger charge is 2.15. The Morgan fingerprint density at radius 1 is 1.10 bits per heavy atom. The van der Waals surface area contributed by atoms with Crippen molar-refractivity contribution in [2.75, 3.05) is 5.32 Å². The van der Waals surface area contributed by atoms with Gasteiger partial charge >= 0.3 is 0 Å². The number of benzene rings is 2. The van der Waals surface area contributed by atoms with Crippen LogP contribution < -0.4 is 5.32 Å². The molecule has 0 fully saturated rings. The highest BCUT2D eigenvalue weighted by molar-refractivity contribution is 14.1. The van der Waals surface area contributed by atoms with Crippen LogP contribution in [0, 0.1) is 3.57 Å². The predicted octanol–water partition coefficient (Wildman–Crippen LogP) is 4.51. The minimum Gasteiger partial charge on any atom is -0.374 e. The van der Waals surface area contributed by atoms with E-state index < -0.39 is 0 Å². The van der Waals surface area contributed by atoms with Crippen molar-refractivity contribution in [3.8, 4) is 11.4 Å². The van der Waals surface area contributed by atoms with Gasteiger partial charge in [0.1, 0.15) is 6.04 Å². The maximum absolute atomic E-state index is 5.36. The summed E-state index contributed by atoms with van der Waals surface area (Å²) in [5.41, 5.74) is 1.99. The number of anilines is 1. The van der Waals surface area contributed by atoms with E-state index in [2.05, 4.69) is 50.2 Å². The summed E-state index contributed by atoms with van der Waals surface area (Å²) in [7, 11) is 0. The standard InChI is InChI=1S/C16H14IN3O/c1-11(18-14-9-5-8-13(17)10-14)16-19-15(20-21-16)12-6-3-2-4-7-12/h2-11,18H,1H3. The van der Waals surface area contributed by atoms with Crippen LogP contribution in [0.5, 0.6) is 0 Å². The second kappa shape index (κ2) is 6.26. The molecule has 1 aromatic heterocycles. The molecule has 21 heavy (non-hydrogen) atoms. The first kappa shape index (κ1) is 14.1. The second-order valence-electron chi connectivity index (χ2n) is 4.70. The van der Waals surface area contributed by atoms with Crippen molar-refractivity contribution in [1.82, 2.24) is 10.1 Å². The Morgan fingerprint density at radius 3 is 2.67 bits per heavy atom. The van der Waals surface area contributed by atoms with E-state index in [0.29, 0.717) is 11.7 Å². The molecular formula is C16H14IN3O. The van der Waals surface area contributed by atoms with Crippen LogP contribution in [0.3, 0.4) is 0 Å². The Kier molecular flexibility index (Phi) is 4.19. The van der Waals surface area contributed by atoms with Gasteiger partial charge in [0, 0.05) is 14.8 Å². The fraction of sp³-hybridized carbons (Fsp3) is 0.125. The van der Waals surface area contributed by atoms with Gasteiger partial charge in [-0.15, -0.1) is 0 Å². The molecule has 5 heteroatoms. The Hall–Kier alpha value is -1.89. The third kappa shape index (κ3) is 3.41. The number of rotatable bonds is 4. The number of nitrogens with zero attached hydrogens (tertiary/aromatic N) is 2. The lowest BCUT2D eigenvalue weighted by molar-refractivity contribution is 0.368. The summed E-state index contributed by atoms with van der Waals surface area (Å²) in [6.07, 6.45) is 0. The molecule has 106 valence electrons. The van der Waals surface area contributed by atoms with Crippen molar-refractivity contribution in [2.45, 2.75) is 13.0 Å². The number of hydrogen-bond acceptors (Lipinski definition) is 4. The number of aromatic nitrogens is 2. The number of nitrogens with one attached hydrogen (secondary N) is 1. The lowest BCUT2D eigenvalue weighted by Gasteiger charge is -2.11. The largest absolute Gasteiger partial charge is 0.374 e. The van der Waals surface area contributed by atoms with Crippen molar-refractivity contribution in [1.29, 1.82) is 0 Å². The van der Waals surface area contributed by atoms with E-state index in [-0.39, 0.29) is 6.04 Å². The van der Waals surface area contributed by atoms with Crippen LogP contribution in [-0.4, -0.2) is 10.1 Å². The molecule has 0 radical (unpaired) electrons. The van der Waals surface area contributed by atoms with Gasteiger partial charge in [-0.1, -0.05) is 41.6 Å². The lowest BCUT2D eigenvalue weighted by atomic mass is 10.2. The highest BCUT2D eigenvalue weighted by Crippen LogP contribution is 2.22. The third-order valence-electron chi connectivity index (χ3n) is 3.05. The molecular weight excluding hydrogens is 377 g/mol. The topological polar surface area (TPSA) is 51.0 Å². The monoisotopic (exact) mass is 391 g/mol. The summed E-state index contributed by atoms with van der Waals surface area (Å²) in [6.45, 7) is 2.00. The molecule has 0 bridgehead atoms. The maximum Gasteiger partial charge on any atom is 0.249 e. The molecule has 0 amide bonds. The van der Waals surface area contributed by atoms with Crippen LogP contribution in [0.1, 0.15) is 18.9 Å². The Balaban J connectivity index is 1.77. The third-order valence-corrected chi connectivity index (χ3v) is 3.72. The van der Waals surface area contributed by atoms with Crippen LogP contribution in [-0.2, 0) is 0 Å². The van der Waals surface area contributed by atoms with E-state index in [1.165, 1.54) is 3.57 Å². The van der Waals surface area contributed by atoms with Crippen LogP contribution >= 0.6 is 22.6 Å².